The second-order valence-corrected chi connectivity index (χ2v) is 6.29. The van der Waals surface area contributed by atoms with E-state index in [2.05, 4.69) is 4.74 Å². The van der Waals surface area contributed by atoms with Crippen molar-refractivity contribution < 1.29 is 22.7 Å². The quantitative estimate of drug-likeness (QED) is 0.890. The number of benzene rings is 1. The molecular weight excluding hydrogens is 341 g/mol. The average Bonchev–Trinajstić information content (AvgIpc) is 3.05. The molecule has 0 bridgehead atoms. The molecule has 0 fully saturated rings. The molecule has 0 saturated heterocycles. The first kappa shape index (κ1) is 16.7. The second-order valence-electron chi connectivity index (χ2n) is 5.34. The number of thiophene rings is 1. The molecule has 0 aliphatic carbocycles. The molecule has 3 rings (SSSR count). The van der Waals surface area contributed by atoms with Crippen LogP contribution in [0.4, 0.5) is 13.2 Å². The summed E-state index contributed by atoms with van der Waals surface area (Å²) in [5.74, 6) is 0.0571. The van der Waals surface area contributed by atoms with Gasteiger partial charge in [0, 0.05) is 11.0 Å². The maximum Gasteiger partial charge on any atom is 0.573 e. The van der Waals surface area contributed by atoms with E-state index in [1.54, 1.807) is 28.5 Å². The largest absolute Gasteiger partial charge is 0.573 e. The molecule has 0 saturated carbocycles. The molecule has 128 valence electrons. The van der Waals surface area contributed by atoms with E-state index in [9.17, 15) is 13.2 Å². The van der Waals surface area contributed by atoms with E-state index in [-0.39, 0.29) is 11.8 Å². The molecule has 0 spiro atoms. The number of hydrogen-bond acceptors (Lipinski definition) is 5. The van der Waals surface area contributed by atoms with Crippen LogP contribution in [0.1, 0.15) is 22.0 Å². The number of nitrogens with two attached hydrogens (primary N) is 1. The van der Waals surface area contributed by atoms with Crippen LogP contribution in [0.25, 0.3) is 0 Å². The minimum absolute atomic E-state index is 0.115. The molecule has 1 aromatic heterocycles. The fourth-order valence-electron chi connectivity index (χ4n) is 2.46. The standard InChI is InChI=1S/C16H15F3N2O2S/c1-10-6-7-24-15(10)13-8-14(20)23-21(13)9-11-2-4-12(5-3-11)22-16(17,18)19/h2-8,13H,9,20H2,1H3. The Labute approximate surface area is 140 Å². The van der Waals surface area contributed by atoms with Gasteiger partial charge >= 0.3 is 6.36 Å². The van der Waals surface area contributed by atoms with Gasteiger partial charge in [-0.15, -0.1) is 29.6 Å². The van der Waals surface area contributed by atoms with E-state index >= 15 is 0 Å². The van der Waals surface area contributed by atoms with Crippen LogP contribution in [0.3, 0.4) is 0 Å². The molecule has 2 N–H and O–H groups in total. The SMILES string of the molecule is Cc1ccsc1C1C=C(N)ON1Cc1ccc(OC(F)(F)F)cc1. The first-order valence-electron chi connectivity index (χ1n) is 7.12. The number of rotatable bonds is 4. The molecule has 2 aromatic rings. The van der Waals surface area contributed by atoms with Gasteiger partial charge in [0.25, 0.3) is 0 Å². The summed E-state index contributed by atoms with van der Waals surface area (Å²) >= 11 is 1.61. The van der Waals surface area contributed by atoms with Gasteiger partial charge in [-0.3, -0.25) is 0 Å². The number of aryl methyl sites for hydroxylation is 1. The summed E-state index contributed by atoms with van der Waals surface area (Å²) in [5.41, 5.74) is 7.70. The van der Waals surface area contributed by atoms with Crippen LogP contribution in [0.2, 0.25) is 0 Å². The molecule has 1 atom stereocenters. The fourth-order valence-corrected chi connectivity index (χ4v) is 3.46. The molecule has 1 unspecified atom stereocenters. The highest BCUT2D eigenvalue weighted by atomic mass is 32.1. The minimum Gasteiger partial charge on any atom is -0.406 e. The fraction of sp³-hybridized carbons (Fsp3) is 0.250. The molecule has 24 heavy (non-hydrogen) atoms. The topological polar surface area (TPSA) is 47.7 Å². The molecular formula is C16H15F3N2O2S. The summed E-state index contributed by atoms with van der Waals surface area (Å²) in [4.78, 5) is 6.65. The third-order valence-corrected chi connectivity index (χ3v) is 4.61. The Hall–Kier alpha value is -2.19. The van der Waals surface area contributed by atoms with E-state index in [1.807, 2.05) is 24.4 Å². The van der Waals surface area contributed by atoms with E-state index in [0.29, 0.717) is 12.4 Å². The van der Waals surface area contributed by atoms with Crippen LogP contribution < -0.4 is 10.5 Å². The van der Waals surface area contributed by atoms with Crippen LogP contribution in [0, 0.1) is 6.92 Å². The van der Waals surface area contributed by atoms with Gasteiger partial charge in [-0.1, -0.05) is 12.1 Å². The Balaban J connectivity index is 1.72. The second kappa shape index (κ2) is 6.37. The Kier molecular flexibility index (Phi) is 4.42. The zero-order valence-electron chi connectivity index (χ0n) is 12.7. The van der Waals surface area contributed by atoms with Gasteiger partial charge in [-0.2, -0.15) is 0 Å². The number of halogens is 3. The molecule has 8 heteroatoms. The normalized spacial score (nSPS) is 18.3. The summed E-state index contributed by atoms with van der Waals surface area (Å²) in [5, 5.41) is 3.70. The smallest absolute Gasteiger partial charge is 0.406 e. The van der Waals surface area contributed by atoms with E-state index < -0.39 is 6.36 Å². The average molecular weight is 356 g/mol. The summed E-state index contributed by atoms with van der Waals surface area (Å²) in [6.45, 7) is 2.39. The van der Waals surface area contributed by atoms with Crippen molar-refractivity contribution in [1.29, 1.82) is 0 Å². The van der Waals surface area contributed by atoms with Crippen molar-refractivity contribution >= 4 is 11.3 Å². The van der Waals surface area contributed by atoms with Crippen LogP contribution in [0.15, 0.2) is 47.7 Å². The third-order valence-electron chi connectivity index (χ3n) is 3.52. The van der Waals surface area contributed by atoms with Gasteiger partial charge in [0.05, 0.1) is 6.54 Å². The lowest BCUT2D eigenvalue weighted by atomic mass is 10.1. The Morgan fingerprint density at radius 3 is 2.54 bits per heavy atom. The first-order chi connectivity index (χ1) is 11.3. The van der Waals surface area contributed by atoms with Crippen LogP contribution in [-0.2, 0) is 11.4 Å². The molecule has 1 aliphatic rings. The van der Waals surface area contributed by atoms with Gasteiger partial charge in [-0.25, -0.2) is 0 Å². The zero-order chi connectivity index (χ0) is 17.3. The molecule has 1 aromatic carbocycles. The van der Waals surface area contributed by atoms with Crippen molar-refractivity contribution in [2.75, 3.05) is 0 Å². The maximum atomic E-state index is 12.2. The Morgan fingerprint density at radius 1 is 1.25 bits per heavy atom. The molecule has 0 radical (unpaired) electrons. The van der Waals surface area contributed by atoms with Gasteiger partial charge in [-0.05, 0) is 41.6 Å². The highest BCUT2D eigenvalue weighted by Crippen LogP contribution is 2.36. The summed E-state index contributed by atoms with van der Waals surface area (Å²) in [6.07, 6.45) is -2.88. The highest BCUT2D eigenvalue weighted by molar-refractivity contribution is 7.10. The van der Waals surface area contributed by atoms with Crippen molar-refractivity contribution in [1.82, 2.24) is 5.06 Å². The van der Waals surface area contributed by atoms with Crippen molar-refractivity contribution in [3.05, 3.63) is 63.7 Å². The maximum absolute atomic E-state index is 12.2. The van der Waals surface area contributed by atoms with Crippen molar-refractivity contribution in [3.63, 3.8) is 0 Å². The number of hydroxylamine groups is 2. The first-order valence-corrected chi connectivity index (χ1v) is 8.00. The lowest BCUT2D eigenvalue weighted by Crippen LogP contribution is -2.23. The monoisotopic (exact) mass is 356 g/mol. The number of alkyl halides is 3. The van der Waals surface area contributed by atoms with E-state index in [4.69, 9.17) is 10.6 Å². The lowest BCUT2D eigenvalue weighted by molar-refractivity contribution is -0.274. The highest BCUT2D eigenvalue weighted by Gasteiger charge is 2.31. The molecule has 4 nitrogen and oxygen atoms in total. The minimum atomic E-state index is -4.69. The predicted molar refractivity (Wildman–Crippen MR) is 83.8 cm³/mol. The van der Waals surface area contributed by atoms with Crippen molar-refractivity contribution in [3.8, 4) is 5.75 Å². The van der Waals surface area contributed by atoms with Crippen LogP contribution in [-0.4, -0.2) is 11.4 Å². The van der Waals surface area contributed by atoms with Crippen molar-refractivity contribution in [2.45, 2.75) is 25.9 Å². The van der Waals surface area contributed by atoms with Crippen molar-refractivity contribution in [2.24, 2.45) is 5.73 Å². The van der Waals surface area contributed by atoms with Gasteiger partial charge in [0.2, 0.25) is 5.88 Å². The van der Waals surface area contributed by atoms with E-state index in [1.165, 1.54) is 12.1 Å². The number of nitrogens with zero attached hydrogens (tertiary/aromatic N) is 1. The predicted octanol–water partition coefficient (Wildman–Crippen LogP) is 4.24. The Bertz CT molecular complexity index is 741. The van der Waals surface area contributed by atoms with Gasteiger partial charge in [0.1, 0.15) is 11.8 Å². The molecule has 0 amide bonds. The van der Waals surface area contributed by atoms with Crippen LogP contribution >= 0.6 is 11.3 Å². The Morgan fingerprint density at radius 2 is 1.96 bits per heavy atom. The molecule has 2 heterocycles. The van der Waals surface area contributed by atoms with Gasteiger partial charge < -0.3 is 15.3 Å². The van der Waals surface area contributed by atoms with E-state index in [0.717, 1.165) is 16.0 Å². The summed E-state index contributed by atoms with van der Waals surface area (Å²) < 4.78 is 40.4. The lowest BCUT2D eigenvalue weighted by Gasteiger charge is -2.22. The third kappa shape index (κ3) is 3.82. The zero-order valence-corrected chi connectivity index (χ0v) is 13.5. The molecule has 1 aliphatic heterocycles. The van der Waals surface area contributed by atoms with Gasteiger partial charge in [0.15, 0.2) is 0 Å². The van der Waals surface area contributed by atoms with Crippen LogP contribution in [0.5, 0.6) is 5.75 Å². The number of ether oxygens (including phenoxy) is 1. The summed E-state index contributed by atoms with van der Waals surface area (Å²) in [7, 11) is 0. The summed E-state index contributed by atoms with van der Waals surface area (Å²) in [6, 6.07) is 7.59. The number of hydrogen-bond donors (Lipinski definition) is 1.